The Morgan fingerprint density at radius 1 is 1.38 bits per heavy atom. The summed E-state index contributed by atoms with van der Waals surface area (Å²) in [6.45, 7) is 0.533. The van der Waals surface area contributed by atoms with Crippen LogP contribution in [0.1, 0.15) is 5.89 Å². The van der Waals surface area contributed by atoms with E-state index in [9.17, 15) is 8.42 Å². The highest BCUT2D eigenvalue weighted by atomic mass is 35.5. The fourth-order valence-corrected chi connectivity index (χ4v) is 3.90. The molecule has 0 spiro atoms. The molecule has 1 fully saturated rings. The lowest BCUT2D eigenvalue weighted by Gasteiger charge is -2.26. The van der Waals surface area contributed by atoms with Crippen LogP contribution in [0.15, 0.2) is 27.6 Å². The van der Waals surface area contributed by atoms with Crippen molar-refractivity contribution in [3.05, 3.63) is 29.1 Å². The molecular weight excluding hydrogens is 318 g/mol. The Bertz CT molecular complexity index is 771. The molecule has 2 N–H and O–H groups in total. The van der Waals surface area contributed by atoms with Crippen molar-refractivity contribution in [2.45, 2.75) is 16.7 Å². The molecule has 2 heterocycles. The monoisotopic (exact) mass is 329 g/mol. The Morgan fingerprint density at radius 3 is 2.67 bits per heavy atom. The second-order valence-electron chi connectivity index (χ2n) is 4.57. The van der Waals surface area contributed by atoms with Gasteiger partial charge in [0.05, 0.1) is 29.7 Å². The molecule has 9 heteroatoms. The van der Waals surface area contributed by atoms with Crippen LogP contribution < -0.4 is 5.73 Å². The zero-order valence-corrected chi connectivity index (χ0v) is 12.4. The molecule has 1 aromatic carbocycles. The van der Waals surface area contributed by atoms with Gasteiger partial charge < -0.3 is 15.0 Å². The van der Waals surface area contributed by atoms with Crippen LogP contribution in [0.2, 0.25) is 5.02 Å². The molecule has 1 aliphatic heterocycles. The van der Waals surface area contributed by atoms with E-state index in [1.807, 2.05) is 0 Å². The fourth-order valence-electron chi connectivity index (χ4n) is 1.90. The molecule has 3 rings (SSSR count). The third kappa shape index (κ3) is 2.55. The van der Waals surface area contributed by atoms with Crippen molar-refractivity contribution in [2.75, 3.05) is 13.2 Å². The number of aromatic nitrogens is 2. The van der Waals surface area contributed by atoms with Crippen LogP contribution in [0.5, 0.6) is 0 Å². The first-order chi connectivity index (χ1) is 10.0. The minimum absolute atomic E-state index is 0.0868. The molecule has 112 valence electrons. The molecule has 0 aliphatic carbocycles. The summed E-state index contributed by atoms with van der Waals surface area (Å²) in [6.07, 6.45) is 0. The molecule has 0 amide bonds. The summed E-state index contributed by atoms with van der Waals surface area (Å²) in [4.78, 5) is 4.15. The number of ether oxygens (including phenoxy) is 1. The molecule has 1 saturated heterocycles. The van der Waals surface area contributed by atoms with Crippen molar-refractivity contribution >= 4 is 21.4 Å². The third-order valence-electron chi connectivity index (χ3n) is 3.19. The number of halogens is 1. The molecule has 2 aromatic rings. The number of rotatable bonds is 4. The van der Waals surface area contributed by atoms with Gasteiger partial charge in [-0.3, -0.25) is 0 Å². The van der Waals surface area contributed by atoms with E-state index in [1.54, 1.807) is 6.07 Å². The topological polar surface area (TPSA) is 108 Å². The maximum absolute atomic E-state index is 12.3. The summed E-state index contributed by atoms with van der Waals surface area (Å²) in [5.74, 6) is 0.609. The van der Waals surface area contributed by atoms with Crippen LogP contribution in [0, 0.1) is 0 Å². The number of hydrogen-bond acceptors (Lipinski definition) is 7. The van der Waals surface area contributed by atoms with Crippen molar-refractivity contribution in [1.29, 1.82) is 0 Å². The zero-order chi connectivity index (χ0) is 15.0. The van der Waals surface area contributed by atoms with Crippen molar-refractivity contribution in [3.8, 4) is 11.4 Å². The van der Waals surface area contributed by atoms with Crippen molar-refractivity contribution in [2.24, 2.45) is 5.73 Å². The Kier molecular flexibility index (Phi) is 3.70. The van der Waals surface area contributed by atoms with Gasteiger partial charge in [0.15, 0.2) is 9.84 Å². The van der Waals surface area contributed by atoms with Crippen LogP contribution in [0.3, 0.4) is 0 Å². The summed E-state index contributed by atoms with van der Waals surface area (Å²) in [5, 5.41) is 3.35. The lowest BCUT2D eigenvalue weighted by Crippen LogP contribution is -2.40. The SMILES string of the molecule is NCc1nc(-c2ccc(S(=O)(=O)C3COC3)c(Cl)c2)no1. The molecule has 21 heavy (non-hydrogen) atoms. The summed E-state index contributed by atoms with van der Waals surface area (Å²) in [5.41, 5.74) is 5.96. The van der Waals surface area contributed by atoms with Gasteiger partial charge in [0.25, 0.3) is 0 Å². The van der Waals surface area contributed by atoms with Gasteiger partial charge in [-0.15, -0.1) is 0 Å². The molecule has 0 atom stereocenters. The van der Waals surface area contributed by atoms with E-state index >= 15 is 0 Å². The summed E-state index contributed by atoms with van der Waals surface area (Å²) in [7, 11) is -3.47. The van der Waals surface area contributed by atoms with Crippen LogP contribution in [-0.4, -0.2) is 37.0 Å². The second kappa shape index (κ2) is 5.38. The number of hydrogen-bond donors (Lipinski definition) is 1. The van der Waals surface area contributed by atoms with Gasteiger partial charge in [-0.1, -0.05) is 16.8 Å². The average Bonchev–Trinajstić information content (AvgIpc) is 2.84. The first kappa shape index (κ1) is 14.5. The maximum atomic E-state index is 12.3. The molecule has 0 unspecified atom stereocenters. The molecule has 1 aromatic heterocycles. The largest absolute Gasteiger partial charge is 0.379 e. The van der Waals surface area contributed by atoms with E-state index in [-0.39, 0.29) is 29.7 Å². The Morgan fingerprint density at radius 2 is 2.14 bits per heavy atom. The van der Waals surface area contributed by atoms with Crippen molar-refractivity contribution in [1.82, 2.24) is 10.1 Å². The maximum Gasteiger partial charge on any atom is 0.240 e. The Balaban J connectivity index is 1.96. The Hall–Kier alpha value is -1.48. The minimum Gasteiger partial charge on any atom is -0.379 e. The van der Waals surface area contributed by atoms with E-state index in [2.05, 4.69) is 10.1 Å². The average molecular weight is 330 g/mol. The van der Waals surface area contributed by atoms with Crippen molar-refractivity contribution < 1.29 is 17.7 Å². The summed E-state index contributed by atoms with van der Waals surface area (Å²) >= 11 is 6.10. The second-order valence-corrected chi connectivity index (χ2v) is 7.17. The summed E-state index contributed by atoms with van der Waals surface area (Å²) < 4.78 is 34.4. The normalized spacial score (nSPS) is 15.9. The van der Waals surface area contributed by atoms with Gasteiger partial charge in [-0.05, 0) is 18.2 Å². The molecule has 0 bridgehead atoms. The molecule has 1 aliphatic rings. The molecule has 0 saturated carbocycles. The van der Waals surface area contributed by atoms with Gasteiger partial charge in [-0.2, -0.15) is 4.98 Å². The van der Waals surface area contributed by atoms with Crippen LogP contribution >= 0.6 is 11.6 Å². The Labute approximate surface area is 126 Å². The zero-order valence-electron chi connectivity index (χ0n) is 10.8. The van der Waals surface area contributed by atoms with Crippen LogP contribution in [-0.2, 0) is 21.1 Å². The lowest BCUT2D eigenvalue weighted by atomic mass is 10.2. The van der Waals surface area contributed by atoms with E-state index in [0.29, 0.717) is 17.3 Å². The van der Waals surface area contributed by atoms with Gasteiger partial charge in [-0.25, -0.2) is 8.42 Å². The predicted octanol–water partition coefficient (Wildman–Crippen LogP) is 1.02. The van der Waals surface area contributed by atoms with Crippen LogP contribution in [0.4, 0.5) is 0 Å². The fraction of sp³-hybridized carbons (Fsp3) is 0.333. The highest BCUT2D eigenvalue weighted by Crippen LogP contribution is 2.31. The number of benzene rings is 1. The highest BCUT2D eigenvalue weighted by Gasteiger charge is 2.35. The molecule has 0 radical (unpaired) electrons. The van der Waals surface area contributed by atoms with E-state index in [1.165, 1.54) is 12.1 Å². The molecular formula is C12H12ClN3O4S. The van der Waals surface area contributed by atoms with Gasteiger partial charge >= 0.3 is 0 Å². The first-order valence-electron chi connectivity index (χ1n) is 6.16. The lowest BCUT2D eigenvalue weighted by molar-refractivity contribution is 0.0416. The van der Waals surface area contributed by atoms with Gasteiger partial charge in [0, 0.05) is 5.56 Å². The third-order valence-corrected chi connectivity index (χ3v) is 5.73. The number of sulfone groups is 1. The van der Waals surface area contributed by atoms with Crippen LogP contribution in [0.25, 0.3) is 11.4 Å². The highest BCUT2D eigenvalue weighted by molar-refractivity contribution is 7.92. The van der Waals surface area contributed by atoms with E-state index in [0.717, 1.165) is 0 Å². The quantitative estimate of drug-likeness (QED) is 0.891. The molecule has 7 nitrogen and oxygen atoms in total. The number of nitrogens with zero attached hydrogens (tertiary/aromatic N) is 2. The predicted molar refractivity (Wildman–Crippen MR) is 74.4 cm³/mol. The first-order valence-corrected chi connectivity index (χ1v) is 8.09. The standard InChI is InChI=1S/C12H12ClN3O4S/c13-9-3-7(12-15-11(4-14)20-16-12)1-2-10(9)21(17,18)8-5-19-6-8/h1-3,8H,4-6,14H2. The smallest absolute Gasteiger partial charge is 0.240 e. The minimum atomic E-state index is -3.47. The van der Waals surface area contributed by atoms with Gasteiger partial charge in [0.2, 0.25) is 11.7 Å². The van der Waals surface area contributed by atoms with Gasteiger partial charge in [0.1, 0.15) is 5.25 Å². The van der Waals surface area contributed by atoms with E-state index < -0.39 is 15.1 Å². The van der Waals surface area contributed by atoms with Crippen molar-refractivity contribution in [3.63, 3.8) is 0 Å². The summed E-state index contributed by atoms with van der Waals surface area (Å²) in [6, 6.07) is 4.53. The number of nitrogens with two attached hydrogens (primary N) is 1. The van der Waals surface area contributed by atoms with E-state index in [4.69, 9.17) is 26.6 Å².